The number of para-hydroxylation sites is 1. The highest BCUT2D eigenvalue weighted by Crippen LogP contribution is 2.30. The van der Waals surface area contributed by atoms with Gasteiger partial charge in [0.1, 0.15) is 23.9 Å². The van der Waals surface area contributed by atoms with Gasteiger partial charge in [-0.3, -0.25) is 15.1 Å². The molecule has 0 saturated heterocycles. The first-order valence-electron chi connectivity index (χ1n) is 15.4. The van der Waals surface area contributed by atoms with Gasteiger partial charge in [-0.15, -0.1) is 11.3 Å². The minimum atomic E-state index is -1.36. The molecule has 4 rings (SSSR count). The van der Waals surface area contributed by atoms with Crippen LogP contribution in [0.5, 0.6) is 0 Å². The van der Waals surface area contributed by atoms with Crippen molar-refractivity contribution >= 4 is 66.8 Å². The zero-order valence-electron chi connectivity index (χ0n) is 27.4. The number of aromatic nitrogens is 2. The summed E-state index contributed by atoms with van der Waals surface area (Å²) in [6.45, 7) is 2.52. The van der Waals surface area contributed by atoms with E-state index in [0.717, 1.165) is 21.6 Å². The molecule has 1 aliphatic rings. The van der Waals surface area contributed by atoms with Crippen LogP contribution in [0.4, 0.5) is 14.7 Å². The summed E-state index contributed by atoms with van der Waals surface area (Å²) < 4.78 is 21.4. The predicted molar refractivity (Wildman–Crippen MR) is 192 cm³/mol. The number of nitrogens with one attached hydrogen (secondary N) is 1. The number of amidine groups is 2. The first-order valence-corrected chi connectivity index (χ1v) is 17.0. The number of nitrogens with two attached hydrogens (primary N) is 1. The third kappa shape index (κ3) is 10.9. The summed E-state index contributed by atoms with van der Waals surface area (Å²) in [5, 5.41) is 28.6. The Morgan fingerprint density at radius 1 is 1.20 bits per heavy atom. The lowest BCUT2D eigenvalue weighted by Crippen LogP contribution is -2.31. The maximum absolute atomic E-state index is 14.7. The maximum Gasteiger partial charge on any atom is 0.355 e. The summed E-state index contributed by atoms with van der Waals surface area (Å²) in [6.07, 6.45) is 4.83. The Morgan fingerprint density at radius 2 is 1.98 bits per heavy atom. The van der Waals surface area contributed by atoms with Crippen LogP contribution in [0.15, 0.2) is 64.7 Å². The second kappa shape index (κ2) is 17.6. The van der Waals surface area contributed by atoms with Gasteiger partial charge in [-0.1, -0.05) is 41.4 Å². The summed E-state index contributed by atoms with van der Waals surface area (Å²) >= 11 is 2.47. The van der Waals surface area contributed by atoms with Gasteiger partial charge in [0.05, 0.1) is 16.8 Å². The molecule has 1 aliphatic carbocycles. The smallest absolute Gasteiger partial charge is 0.355 e. The van der Waals surface area contributed by atoms with Crippen LogP contribution in [-0.2, 0) is 16.0 Å². The number of hydrogen-bond donors (Lipinski definition) is 4. The van der Waals surface area contributed by atoms with E-state index in [4.69, 9.17) is 15.9 Å². The van der Waals surface area contributed by atoms with E-state index in [0.29, 0.717) is 34.1 Å². The highest BCUT2D eigenvalue weighted by atomic mass is 32.1. The first-order chi connectivity index (χ1) is 23.4. The number of ether oxygens (including phenoxy) is 1. The third-order valence-corrected chi connectivity index (χ3v) is 9.11. The van der Waals surface area contributed by atoms with Gasteiger partial charge in [0.15, 0.2) is 10.8 Å². The van der Waals surface area contributed by atoms with E-state index in [-0.39, 0.29) is 54.9 Å². The van der Waals surface area contributed by atoms with Crippen LogP contribution >= 0.6 is 22.7 Å². The molecule has 12 nitrogen and oxygen atoms in total. The zero-order valence-corrected chi connectivity index (χ0v) is 29.0. The molecule has 0 aliphatic heterocycles. The molecular weight excluding hydrogens is 670 g/mol. The average Bonchev–Trinajstić information content (AvgIpc) is 3.65. The molecule has 2 heterocycles. The van der Waals surface area contributed by atoms with Crippen molar-refractivity contribution < 1.29 is 28.9 Å². The van der Waals surface area contributed by atoms with E-state index in [1.807, 2.05) is 43.3 Å². The first kappa shape index (κ1) is 37.1. The molecule has 15 heteroatoms. The van der Waals surface area contributed by atoms with Crippen LogP contribution in [0, 0.1) is 17.3 Å². The second-order valence-corrected chi connectivity index (χ2v) is 13.4. The zero-order chi connectivity index (χ0) is 35.5. The molecule has 0 saturated carbocycles. The van der Waals surface area contributed by atoms with E-state index < -0.39 is 24.2 Å². The van der Waals surface area contributed by atoms with E-state index >= 15 is 0 Å². The van der Waals surface area contributed by atoms with Crippen molar-refractivity contribution in [3.8, 4) is 11.8 Å². The van der Waals surface area contributed by atoms with Gasteiger partial charge in [-0.25, -0.2) is 24.1 Å². The van der Waals surface area contributed by atoms with Crippen molar-refractivity contribution in [2.45, 2.75) is 44.9 Å². The van der Waals surface area contributed by atoms with Gasteiger partial charge in [-0.2, -0.15) is 0 Å². The van der Waals surface area contributed by atoms with E-state index in [9.17, 15) is 24.2 Å². The highest BCUT2D eigenvalue weighted by Gasteiger charge is 2.24. The molecule has 0 fully saturated rings. The summed E-state index contributed by atoms with van der Waals surface area (Å²) in [5.41, 5.74) is 7.92. The number of carboxylic acid groups (broad SMARTS) is 2. The SMILES string of the molecule is C/C(=C/C(=N)N(CCCC(=O)O)c1nc(C(=O)O)c(CCCOC2C=CC(C#CCN(C)C)=CC2F)s1)C(N)=Nc1nc2ccccc2s1. The Labute approximate surface area is 291 Å². The fourth-order valence-electron chi connectivity index (χ4n) is 4.56. The Hall–Kier alpha value is -4.75. The quantitative estimate of drug-likeness (QED) is 0.0687. The van der Waals surface area contributed by atoms with Gasteiger partial charge in [0.25, 0.3) is 0 Å². The largest absolute Gasteiger partial charge is 0.481 e. The van der Waals surface area contributed by atoms with Crippen LogP contribution in [0.25, 0.3) is 10.2 Å². The van der Waals surface area contributed by atoms with Crippen LogP contribution in [-0.4, -0.2) is 94.8 Å². The van der Waals surface area contributed by atoms with Gasteiger partial charge in [-0.05, 0) is 76.2 Å². The number of aliphatic carboxylic acids is 1. The Balaban J connectivity index is 1.44. The molecule has 2 unspecified atom stereocenters. The highest BCUT2D eigenvalue weighted by molar-refractivity contribution is 7.22. The molecule has 49 heavy (non-hydrogen) atoms. The van der Waals surface area contributed by atoms with Crippen molar-refractivity contribution in [2.75, 3.05) is 38.7 Å². The standard InChI is InChI=1S/C34H38FN7O5S2/c1-21(31(37)40-33-38-24-10-4-5-11-26(24)48-33)19-28(36)42(17-7-13-29(43)44)34-39-30(32(45)46)27(49-34)12-8-18-47-25-15-14-22(20-23(25)35)9-6-16-41(2)3/h4-5,10-11,14-15,19-20,23,25,36H,7-8,12-13,16-18H2,1-3H3,(H,43,44)(H,45,46)(H2,37,38,40)/b21-19-,36-28?. The van der Waals surface area contributed by atoms with Crippen molar-refractivity contribution in [3.05, 3.63) is 70.3 Å². The number of fused-ring (bicyclic) bond motifs is 1. The topological polar surface area (TPSA) is 178 Å². The maximum atomic E-state index is 14.7. The Morgan fingerprint density at radius 3 is 2.67 bits per heavy atom. The molecule has 3 aromatic rings. The van der Waals surface area contributed by atoms with Crippen molar-refractivity contribution in [3.63, 3.8) is 0 Å². The minimum Gasteiger partial charge on any atom is -0.481 e. The molecule has 5 N–H and O–H groups in total. The van der Waals surface area contributed by atoms with Crippen molar-refractivity contribution in [1.29, 1.82) is 5.41 Å². The predicted octanol–water partition coefficient (Wildman–Crippen LogP) is 5.45. The number of allylic oxidation sites excluding steroid dienone is 2. The lowest BCUT2D eigenvalue weighted by Gasteiger charge is -2.21. The molecule has 0 spiro atoms. The number of thiazole rings is 2. The minimum absolute atomic E-state index is 0.0668. The van der Waals surface area contributed by atoms with E-state index in [1.165, 1.54) is 28.4 Å². The number of carbonyl (C=O) groups is 2. The molecule has 0 radical (unpaired) electrons. The summed E-state index contributed by atoms with van der Waals surface area (Å²) in [4.78, 5) is 40.4. The summed E-state index contributed by atoms with van der Waals surface area (Å²) in [7, 11) is 3.80. The fourth-order valence-corrected chi connectivity index (χ4v) is 6.55. The fraction of sp³-hybridized carbons (Fsp3) is 0.353. The van der Waals surface area contributed by atoms with Crippen molar-refractivity contribution in [2.24, 2.45) is 10.7 Å². The number of halogens is 1. The number of aliphatic imine (C=N–C) groups is 1. The number of alkyl halides is 1. The van der Waals surface area contributed by atoms with Crippen LogP contribution in [0.2, 0.25) is 0 Å². The Kier molecular flexibility index (Phi) is 13.3. The number of anilines is 1. The molecule has 2 atom stereocenters. The molecular formula is C34H38FN7O5S2. The van der Waals surface area contributed by atoms with Gasteiger partial charge < -0.3 is 25.6 Å². The van der Waals surface area contributed by atoms with E-state index in [1.54, 1.807) is 19.1 Å². The molecule has 0 bridgehead atoms. The van der Waals surface area contributed by atoms with Gasteiger partial charge in [0, 0.05) is 30.0 Å². The molecule has 1 aromatic carbocycles. The van der Waals surface area contributed by atoms with Crippen molar-refractivity contribution in [1.82, 2.24) is 14.9 Å². The van der Waals surface area contributed by atoms with Crippen LogP contribution < -0.4 is 10.6 Å². The van der Waals surface area contributed by atoms with Gasteiger partial charge in [0.2, 0.25) is 5.13 Å². The normalized spacial score (nSPS) is 16.4. The van der Waals surface area contributed by atoms with E-state index in [2.05, 4.69) is 26.8 Å². The van der Waals surface area contributed by atoms with Gasteiger partial charge >= 0.3 is 11.9 Å². The lowest BCUT2D eigenvalue weighted by molar-refractivity contribution is -0.137. The third-order valence-electron chi connectivity index (χ3n) is 7.04. The summed E-state index contributed by atoms with van der Waals surface area (Å²) in [6, 6.07) is 7.59. The monoisotopic (exact) mass is 707 g/mol. The molecule has 258 valence electrons. The molecule has 0 amide bonds. The molecule has 2 aromatic heterocycles. The number of carboxylic acids is 2. The van der Waals surface area contributed by atoms with Crippen LogP contribution in [0.3, 0.4) is 0 Å². The average molecular weight is 708 g/mol. The summed E-state index contributed by atoms with van der Waals surface area (Å²) in [5.74, 6) is 3.76. The number of aryl methyl sites for hydroxylation is 1. The number of hydrogen-bond acceptors (Lipinski definition) is 10. The second-order valence-electron chi connectivity index (χ2n) is 11.3. The Bertz CT molecular complexity index is 1840. The number of nitrogens with zero attached hydrogens (tertiary/aromatic N) is 5. The number of aromatic carboxylic acids is 1. The van der Waals surface area contributed by atoms with Crippen LogP contribution in [0.1, 0.15) is 41.6 Å². The number of benzene rings is 1. The lowest BCUT2D eigenvalue weighted by atomic mass is 10.0. The number of rotatable bonds is 15.